The first-order chi connectivity index (χ1) is 16.8. The number of halogens is 2. The van der Waals surface area contributed by atoms with Gasteiger partial charge in [-0.1, -0.05) is 24.3 Å². The van der Waals surface area contributed by atoms with Crippen LogP contribution in [0.3, 0.4) is 0 Å². The first kappa shape index (κ1) is 24.1. The lowest BCUT2D eigenvalue weighted by molar-refractivity contribution is -0.119. The Morgan fingerprint density at radius 2 is 1.74 bits per heavy atom. The zero-order valence-electron chi connectivity index (χ0n) is 19.2. The molecule has 1 heterocycles. The number of benzene rings is 3. The third-order valence-electron chi connectivity index (χ3n) is 6.04. The Morgan fingerprint density at radius 1 is 1.00 bits per heavy atom. The van der Waals surface area contributed by atoms with Crippen molar-refractivity contribution >= 4 is 35.0 Å². The van der Waals surface area contributed by atoms with Crippen molar-refractivity contribution in [3.8, 4) is 0 Å². The number of nitrogens with two attached hydrogens (primary N) is 1. The molecule has 180 valence electrons. The lowest BCUT2D eigenvalue weighted by Gasteiger charge is -2.19. The number of nitrogens with one attached hydrogen (secondary N) is 2. The maximum absolute atomic E-state index is 14.9. The molecule has 4 N–H and O–H groups in total. The average Bonchev–Trinajstić information content (AvgIpc) is 3.23. The van der Waals surface area contributed by atoms with Gasteiger partial charge in [0.05, 0.1) is 17.3 Å². The minimum atomic E-state index is -0.488. The van der Waals surface area contributed by atoms with Crippen LogP contribution in [0, 0.1) is 17.6 Å². The SMILES string of the molecule is CN1CC(C(=O)Nc2ccc(F)cc2)C(c2ccc(/C=C/C(=O)Nc3ccccc3N)c(F)c2)C1. The number of carbonyl (C=O) groups excluding carboxylic acids is 2. The number of para-hydroxylation sites is 2. The summed E-state index contributed by atoms with van der Waals surface area (Å²) in [6.45, 7) is 1.11. The van der Waals surface area contributed by atoms with Gasteiger partial charge in [-0.2, -0.15) is 0 Å². The minimum absolute atomic E-state index is 0.202. The number of likely N-dealkylation sites (N-methyl/N-ethyl adjacent to an activating group) is 1. The van der Waals surface area contributed by atoms with Crippen molar-refractivity contribution in [3.63, 3.8) is 0 Å². The second-order valence-corrected chi connectivity index (χ2v) is 8.62. The first-order valence-electron chi connectivity index (χ1n) is 11.2. The zero-order chi connectivity index (χ0) is 24.9. The van der Waals surface area contributed by atoms with Crippen LogP contribution in [0.1, 0.15) is 17.0 Å². The molecule has 0 aromatic heterocycles. The molecule has 2 unspecified atom stereocenters. The fraction of sp³-hybridized carbons (Fsp3) is 0.185. The molecule has 0 aliphatic carbocycles. The zero-order valence-corrected chi connectivity index (χ0v) is 19.2. The highest BCUT2D eigenvalue weighted by atomic mass is 19.1. The highest BCUT2D eigenvalue weighted by molar-refractivity contribution is 6.03. The molecule has 0 bridgehead atoms. The molecule has 3 aromatic rings. The summed E-state index contributed by atoms with van der Waals surface area (Å²) in [5, 5.41) is 5.48. The van der Waals surface area contributed by atoms with Crippen LogP contribution in [0.25, 0.3) is 6.08 Å². The number of amides is 2. The average molecular weight is 477 g/mol. The Balaban J connectivity index is 1.45. The van der Waals surface area contributed by atoms with E-state index in [1.54, 1.807) is 36.4 Å². The summed E-state index contributed by atoms with van der Waals surface area (Å²) >= 11 is 0. The fourth-order valence-corrected chi connectivity index (χ4v) is 4.23. The normalized spacial score (nSPS) is 18.0. The van der Waals surface area contributed by atoms with Gasteiger partial charge in [-0.15, -0.1) is 0 Å². The predicted octanol–water partition coefficient (Wildman–Crippen LogP) is 4.48. The third kappa shape index (κ3) is 5.91. The van der Waals surface area contributed by atoms with Gasteiger partial charge in [0, 0.05) is 36.3 Å². The molecule has 3 aromatic carbocycles. The third-order valence-corrected chi connectivity index (χ3v) is 6.04. The number of nitrogens with zero attached hydrogens (tertiary/aromatic N) is 1. The van der Waals surface area contributed by atoms with Gasteiger partial charge < -0.3 is 21.3 Å². The second kappa shape index (κ2) is 10.5. The molecule has 2 amide bonds. The highest BCUT2D eigenvalue weighted by Crippen LogP contribution is 2.34. The Labute approximate surface area is 202 Å². The van der Waals surface area contributed by atoms with Crippen molar-refractivity contribution in [1.29, 1.82) is 0 Å². The number of rotatable bonds is 6. The van der Waals surface area contributed by atoms with Gasteiger partial charge in [-0.05, 0) is 61.2 Å². The van der Waals surface area contributed by atoms with Gasteiger partial charge in [0.2, 0.25) is 11.8 Å². The number of carbonyl (C=O) groups is 2. The molecule has 1 saturated heterocycles. The van der Waals surface area contributed by atoms with E-state index in [0.29, 0.717) is 35.7 Å². The lowest BCUT2D eigenvalue weighted by Crippen LogP contribution is -2.28. The van der Waals surface area contributed by atoms with Crippen molar-refractivity contribution < 1.29 is 18.4 Å². The summed E-state index contributed by atoms with van der Waals surface area (Å²) in [6.07, 6.45) is 2.64. The van der Waals surface area contributed by atoms with Crippen LogP contribution in [-0.2, 0) is 9.59 Å². The van der Waals surface area contributed by atoms with E-state index in [-0.39, 0.29) is 23.2 Å². The van der Waals surface area contributed by atoms with E-state index in [1.165, 1.54) is 42.5 Å². The molecule has 0 saturated carbocycles. The molecule has 0 radical (unpaired) electrons. The largest absolute Gasteiger partial charge is 0.397 e. The maximum Gasteiger partial charge on any atom is 0.248 e. The van der Waals surface area contributed by atoms with Crippen molar-refractivity contribution in [2.45, 2.75) is 5.92 Å². The van der Waals surface area contributed by atoms with Crippen molar-refractivity contribution in [3.05, 3.63) is 95.6 Å². The number of likely N-dealkylation sites (tertiary alicyclic amines) is 1. The van der Waals surface area contributed by atoms with Crippen molar-refractivity contribution in [2.75, 3.05) is 36.5 Å². The summed E-state index contributed by atoms with van der Waals surface area (Å²) in [5.74, 6) is -2.11. The fourth-order valence-electron chi connectivity index (χ4n) is 4.23. The first-order valence-corrected chi connectivity index (χ1v) is 11.2. The van der Waals surface area contributed by atoms with Crippen molar-refractivity contribution in [1.82, 2.24) is 4.90 Å². The molecule has 1 aliphatic rings. The van der Waals surface area contributed by atoms with Gasteiger partial charge in [-0.25, -0.2) is 8.78 Å². The monoisotopic (exact) mass is 476 g/mol. The van der Waals surface area contributed by atoms with Crippen LogP contribution >= 0.6 is 0 Å². The van der Waals surface area contributed by atoms with Gasteiger partial charge in [0.1, 0.15) is 11.6 Å². The van der Waals surface area contributed by atoms with Gasteiger partial charge in [0.15, 0.2) is 0 Å². The van der Waals surface area contributed by atoms with E-state index < -0.39 is 17.6 Å². The molecule has 4 rings (SSSR count). The van der Waals surface area contributed by atoms with Gasteiger partial charge in [0.25, 0.3) is 0 Å². The smallest absolute Gasteiger partial charge is 0.248 e. The molecule has 0 spiro atoms. The topological polar surface area (TPSA) is 87.5 Å². The van der Waals surface area contributed by atoms with Crippen LogP contribution in [0.15, 0.2) is 72.8 Å². The minimum Gasteiger partial charge on any atom is -0.397 e. The summed E-state index contributed by atoms with van der Waals surface area (Å²) < 4.78 is 28.1. The Hall–Kier alpha value is -4.04. The summed E-state index contributed by atoms with van der Waals surface area (Å²) in [7, 11) is 1.91. The molecule has 2 atom stereocenters. The highest BCUT2D eigenvalue weighted by Gasteiger charge is 2.37. The molecular formula is C27H26F2N4O2. The van der Waals surface area contributed by atoms with Gasteiger partial charge in [-0.3, -0.25) is 9.59 Å². The molecule has 1 fully saturated rings. The van der Waals surface area contributed by atoms with Crippen LogP contribution in [0.2, 0.25) is 0 Å². The van der Waals surface area contributed by atoms with Crippen LogP contribution in [-0.4, -0.2) is 36.9 Å². The Bertz CT molecular complexity index is 1260. The van der Waals surface area contributed by atoms with E-state index in [4.69, 9.17) is 5.73 Å². The van der Waals surface area contributed by atoms with Crippen molar-refractivity contribution in [2.24, 2.45) is 5.92 Å². The summed E-state index contributed by atoms with van der Waals surface area (Å²) in [4.78, 5) is 27.2. The summed E-state index contributed by atoms with van der Waals surface area (Å²) in [6, 6.07) is 17.2. The van der Waals surface area contributed by atoms with E-state index in [0.717, 1.165) is 0 Å². The number of nitrogen functional groups attached to an aromatic ring is 1. The Kier molecular flexibility index (Phi) is 7.22. The van der Waals surface area contributed by atoms with Gasteiger partial charge >= 0.3 is 0 Å². The van der Waals surface area contributed by atoms with E-state index in [1.807, 2.05) is 11.9 Å². The number of hydrogen-bond donors (Lipinski definition) is 3. The van der Waals surface area contributed by atoms with Crippen LogP contribution in [0.4, 0.5) is 25.8 Å². The molecule has 8 heteroatoms. The molecular weight excluding hydrogens is 450 g/mol. The predicted molar refractivity (Wildman–Crippen MR) is 134 cm³/mol. The maximum atomic E-state index is 14.9. The van der Waals surface area contributed by atoms with Crippen LogP contribution in [0.5, 0.6) is 0 Å². The van der Waals surface area contributed by atoms with E-state index >= 15 is 0 Å². The van der Waals surface area contributed by atoms with E-state index in [9.17, 15) is 18.4 Å². The molecule has 6 nitrogen and oxygen atoms in total. The molecule has 35 heavy (non-hydrogen) atoms. The quantitative estimate of drug-likeness (QED) is 0.362. The van der Waals surface area contributed by atoms with Crippen LogP contribution < -0.4 is 16.4 Å². The number of hydrogen-bond acceptors (Lipinski definition) is 4. The second-order valence-electron chi connectivity index (χ2n) is 8.62. The van der Waals surface area contributed by atoms with E-state index in [2.05, 4.69) is 10.6 Å². The molecule has 1 aliphatic heterocycles. The standard InChI is InChI=1S/C27H26F2N4O2/c1-33-15-21(22(16-33)27(35)31-20-11-9-19(28)10-12-20)18-7-6-17(23(29)14-18)8-13-26(34)32-25-5-3-2-4-24(25)30/h2-14,21-22H,15-16,30H2,1H3,(H,31,35)(H,32,34)/b13-8+. The Morgan fingerprint density at radius 3 is 2.46 bits per heavy atom. The number of anilines is 3. The summed E-state index contributed by atoms with van der Waals surface area (Å²) in [5.41, 5.74) is 8.20. The lowest BCUT2D eigenvalue weighted by atomic mass is 9.87.